The second-order valence-electron chi connectivity index (χ2n) is 6.00. The van der Waals surface area contributed by atoms with E-state index in [0.717, 1.165) is 32.4 Å². The van der Waals surface area contributed by atoms with Gasteiger partial charge in [0.25, 0.3) is 5.91 Å². The summed E-state index contributed by atoms with van der Waals surface area (Å²) in [5.74, 6) is 0.0861. The summed E-state index contributed by atoms with van der Waals surface area (Å²) in [6, 6.07) is 0. The number of hydrogen-bond donors (Lipinski definition) is 1. The standard InChI is InChI=1S/C14H21N5O2/c1-3-18-7-4-5-14(13(18)21)6-8-19(9-14)12(20)11-10(2)15-17-16-11/h3-9H2,1-2H3,(H,15,16,17). The maximum Gasteiger partial charge on any atom is 0.276 e. The summed E-state index contributed by atoms with van der Waals surface area (Å²) in [7, 11) is 0. The number of hydrogen-bond acceptors (Lipinski definition) is 4. The number of piperidine rings is 1. The smallest absolute Gasteiger partial charge is 0.276 e. The fraction of sp³-hybridized carbons (Fsp3) is 0.714. The molecule has 2 amide bonds. The van der Waals surface area contributed by atoms with E-state index in [-0.39, 0.29) is 17.2 Å². The fourth-order valence-corrected chi connectivity index (χ4v) is 3.51. The molecule has 2 aliphatic heterocycles. The Labute approximate surface area is 123 Å². The average molecular weight is 291 g/mol. The van der Waals surface area contributed by atoms with E-state index in [2.05, 4.69) is 15.4 Å². The van der Waals surface area contributed by atoms with Crippen molar-refractivity contribution in [2.75, 3.05) is 26.2 Å². The molecular weight excluding hydrogens is 270 g/mol. The number of likely N-dealkylation sites (tertiary alicyclic amines) is 2. The van der Waals surface area contributed by atoms with Crippen LogP contribution in [0, 0.1) is 12.3 Å². The maximum absolute atomic E-state index is 12.7. The average Bonchev–Trinajstić information content (AvgIpc) is 3.09. The molecule has 0 saturated carbocycles. The predicted molar refractivity (Wildman–Crippen MR) is 75.6 cm³/mol. The number of carbonyl (C=O) groups is 2. The molecule has 3 heterocycles. The van der Waals surface area contributed by atoms with Gasteiger partial charge in [-0.15, -0.1) is 0 Å². The molecule has 0 aromatic carbocycles. The highest BCUT2D eigenvalue weighted by Gasteiger charge is 2.49. The van der Waals surface area contributed by atoms with Gasteiger partial charge in [-0.25, -0.2) is 0 Å². The molecule has 1 N–H and O–H groups in total. The monoisotopic (exact) mass is 291 g/mol. The van der Waals surface area contributed by atoms with Crippen LogP contribution in [0.4, 0.5) is 0 Å². The number of H-pyrrole nitrogens is 1. The van der Waals surface area contributed by atoms with Gasteiger partial charge >= 0.3 is 0 Å². The molecule has 0 aliphatic carbocycles. The molecule has 1 aromatic rings. The van der Waals surface area contributed by atoms with Crippen molar-refractivity contribution in [2.24, 2.45) is 5.41 Å². The minimum atomic E-state index is -0.373. The minimum absolute atomic E-state index is 0.125. The molecule has 21 heavy (non-hydrogen) atoms. The first kappa shape index (κ1) is 14.0. The molecule has 2 aliphatic rings. The van der Waals surface area contributed by atoms with Gasteiger partial charge in [0.05, 0.1) is 11.1 Å². The van der Waals surface area contributed by atoms with Crippen molar-refractivity contribution in [2.45, 2.75) is 33.1 Å². The number of aromatic nitrogens is 3. The molecule has 1 spiro atoms. The van der Waals surface area contributed by atoms with Crippen molar-refractivity contribution in [3.8, 4) is 0 Å². The van der Waals surface area contributed by atoms with E-state index in [9.17, 15) is 9.59 Å². The van der Waals surface area contributed by atoms with Gasteiger partial charge in [-0.2, -0.15) is 15.4 Å². The first-order valence-electron chi connectivity index (χ1n) is 7.53. The molecule has 1 atom stereocenters. The zero-order valence-electron chi connectivity index (χ0n) is 12.6. The highest BCUT2D eigenvalue weighted by Crippen LogP contribution is 2.40. The van der Waals surface area contributed by atoms with Gasteiger partial charge in [-0.05, 0) is 33.1 Å². The Hall–Kier alpha value is -1.92. The minimum Gasteiger partial charge on any atom is -0.342 e. The lowest BCUT2D eigenvalue weighted by atomic mass is 9.78. The lowest BCUT2D eigenvalue weighted by Gasteiger charge is -2.38. The summed E-state index contributed by atoms with van der Waals surface area (Å²) in [5.41, 5.74) is 0.593. The van der Waals surface area contributed by atoms with Crippen molar-refractivity contribution >= 4 is 11.8 Å². The largest absolute Gasteiger partial charge is 0.342 e. The first-order chi connectivity index (χ1) is 10.1. The van der Waals surface area contributed by atoms with Crippen LogP contribution in [0.15, 0.2) is 0 Å². The lowest BCUT2D eigenvalue weighted by Crippen LogP contribution is -2.50. The number of nitrogens with zero attached hydrogens (tertiary/aromatic N) is 4. The number of rotatable bonds is 2. The van der Waals surface area contributed by atoms with Gasteiger partial charge < -0.3 is 9.80 Å². The van der Waals surface area contributed by atoms with Gasteiger partial charge in [0.2, 0.25) is 5.91 Å². The Morgan fingerprint density at radius 1 is 1.33 bits per heavy atom. The van der Waals surface area contributed by atoms with Crippen LogP contribution in [0.1, 0.15) is 42.4 Å². The zero-order chi connectivity index (χ0) is 15.0. The van der Waals surface area contributed by atoms with E-state index >= 15 is 0 Å². The number of amides is 2. The third-order valence-corrected chi connectivity index (χ3v) is 4.77. The number of aryl methyl sites for hydroxylation is 1. The predicted octanol–water partition coefficient (Wildman–Crippen LogP) is 0.588. The summed E-state index contributed by atoms with van der Waals surface area (Å²) in [5, 5.41) is 10.3. The van der Waals surface area contributed by atoms with E-state index in [1.807, 2.05) is 11.8 Å². The van der Waals surface area contributed by atoms with Gasteiger partial charge in [0.1, 0.15) is 0 Å². The molecule has 114 valence electrons. The number of aromatic amines is 1. The molecule has 2 fully saturated rings. The molecule has 0 radical (unpaired) electrons. The van der Waals surface area contributed by atoms with Gasteiger partial charge in [0, 0.05) is 26.2 Å². The van der Waals surface area contributed by atoms with Gasteiger partial charge in [0.15, 0.2) is 5.69 Å². The summed E-state index contributed by atoms with van der Waals surface area (Å²) in [6.07, 6.45) is 2.65. The highest BCUT2D eigenvalue weighted by molar-refractivity contribution is 5.94. The summed E-state index contributed by atoms with van der Waals surface area (Å²) in [6.45, 7) is 6.48. The summed E-state index contributed by atoms with van der Waals surface area (Å²) < 4.78 is 0. The topological polar surface area (TPSA) is 82.2 Å². The van der Waals surface area contributed by atoms with Gasteiger partial charge in [-0.1, -0.05) is 0 Å². The third kappa shape index (κ3) is 2.20. The second kappa shape index (κ2) is 5.13. The van der Waals surface area contributed by atoms with E-state index in [1.165, 1.54) is 0 Å². The maximum atomic E-state index is 12.7. The van der Waals surface area contributed by atoms with Crippen molar-refractivity contribution in [1.29, 1.82) is 0 Å². The molecule has 1 unspecified atom stereocenters. The third-order valence-electron chi connectivity index (χ3n) is 4.77. The normalized spacial score (nSPS) is 25.9. The van der Waals surface area contributed by atoms with E-state index in [1.54, 1.807) is 11.8 Å². The Kier molecular flexibility index (Phi) is 3.43. The molecule has 3 rings (SSSR count). The van der Waals surface area contributed by atoms with Crippen LogP contribution in [-0.4, -0.2) is 63.2 Å². The molecule has 7 nitrogen and oxygen atoms in total. The van der Waals surface area contributed by atoms with E-state index in [4.69, 9.17) is 0 Å². The van der Waals surface area contributed by atoms with E-state index in [0.29, 0.717) is 24.5 Å². The van der Waals surface area contributed by atoms with Crippen LogP contribution in [-0.2, 0) is 4.79 Å². The molecule has 0 bridgehead atoms. The Morgan fingerprint density at radius 3 is 2.81 bits per heavy atom. The summed E-state index contributed by atoms with van der Waals surface area (Å²) >= 11 is 0. The van der Waals surface area contributed by atoms with E-state index < -0.39 is 0 Å². The number of nitrogens with one attached hydrogen (secondary N) is 1. The molecule has 1 aromatic heterocycles. The van der Waals surface area contributed by atoms with Crippen molar-refractivity contribution in [3.63, 3.8) is 0 Å². The van der Waals surface area contributed by atoms with Crippen LogP contribution >= 0.6 is 0 Å². The quantitative estimate of drug-likeness (QED) is 0.864. The molecule has 7 heteroatoms. The molecule has 2 saturated heterocycles. The highest BCUT2D eigenvalue weighted by atomic mass is 16.2. The van der Waals surface area contributed by atoms with Crippen molar-refractivity contribution in [1.82, 2.24) is 25.2 Å². The Morgan fingerprint density at radius 2 is 2.14 bits per heavy atom. The first-order valence-corrected chi connectivity index (χ1v) is 7.53. The van der Waals surface area contributed by atoms with Crippen LogP contribution in [0.2, 0.25) is 0 Å². The number of carbonyl (C=O) groups excluding carboxylic acids is 2. The lowest BCUT2D eigenvalue weighted by molar-refractivity contribution is -0.145. The van der Waals surface area contributed by atoms with Crippen LogP contribution in [0.25, 0.3) is 0 Å². The van der Waals surface area contributed by atoms with Crippen molar-refractivity contribution in [3.05, 3.63) is 11.4 Å². The van der Waals surface area contributed by atoms with Crippen LogP contribution in [0.3, 0.4) is 0 Å². The van der Waals surface area contributed by atoms with Gasteiger partial charge in [-0.3, -0.25) is 9.59 Å². The second-order valence-corrected chi connectivity index (χ2v) is 6.00. The molecular formula is C14H21N5O2. The van der Waals surface area contributed by atoms with Crippen LogP contribution < -0.4 is 0 Å². The Balaban J connectivity index is 1.77. The summed E-state index contributed by atoms with van der Waals surface area (Å²) in [4.78, 5) is 28.8. The van der Waals surface area contributed by atoms with Crippen molar-refractivity contribution < 1.29 is 9.59 Å². The zero-order valence-corrected chi connectivity index (χ0v) is 12.6. The SMILES string of the molecule is CCN1CCCC2(CCN(C(=O)c3n[nH]nc3C)C2)C1=O. The fourth-order valence-electron chi connectivity index (χ4n) is 3.51. The Bertz CT molecular complexity index is 569. The van der Waals surface area contributed by atoms with Crippen LogP contribution in [0.5, 0.6) is 0 Å².